The van der Waals surface area contributed by atoms with Gasteiger partial charge in [-0.2, -0.15) is 0 Å². The van der Waals surface area contributed by atoms with Crippen LogP contribution in [-0.2, 0) is 0 Å². The van der Waals surface area contributed by atoms with E-state index in [0.717, 1.165) is 17.7 Å². The fourth-order valence-electron chi connectivity index (χ4n) is 3.30. The van der Waals surface area contributed by atoms with Gasteiger partial charge >= 0.3 is 0 Å². The number of pyridine rings is 1. The van der Waals surface area contributed by atoms with Gasteiger partial charge in [0, 0.05) is 11.8 Å². The molecule has 2 rings (SSSR count). The first kappa shape index (κ1) is 11.4. The molecule has 1 aliphatic rings. The molecular formula is C14H22N2. The van der Waals surface area contributed by atoms with Gasteiger partial charge in [-0.1, -0.05) is 13.8 Å². The normalized spacial score (nSPS) is 30.3. The lowest BCUT2D eigenvalue weighted by atomic mass is 9.73. The first-order valence-corrected chi connectivity index (χ1v) is 6.29. The molecule has 0 amide bonds. The van der Waals surface area contributed by atoms with Crippen molar-refractivity contribution in [1.29, 1.82) is 0 Å². The van der Waals surface area contributed by atoms with E-state index in [1.165, 1.54) is 30.4 Å². The highest BCUT2D eigenvalue weighted by Gasteiger charge is 2.27. The molecule has 16 heavy (non-hydrogen) atoms. The summed E-state index contributed by atoms with van der Waals surface area (Å²) in [5.41, 5.74) is 8.64. The van der Waals surface area contributed by atoms with Gasteiger partial charge in [0.05, 0.1) is 0 Å². The Bertz CT molecular complexity index is 343. The van der Waals surface area contributed by atoms with E-state index < -0.39 is 0 Å². The van der Waals surface area contributed by atoms with Gasteiger partial charge in [0.25, 0.3) is 0 Å². The highest BCUT2D eigenvalue weighted by Crippen LogP contribution is 2.41. The number of nitrogens with zero attached hydrogens (tertiary/aromatic N) is 1. The van der Waals surface area contributed by atoms with E-state index in [4.69, 9.17) is 5.73 Å². The van der Waals surface area contributed by atoms with Gasteiger partial charge in [0.2, 0.25) is 0 Å². The summed E-state index contributed by atoms with van der Waals surface area (Å²) in [5.74, 6) is 2.99. The Morgan fingerprint density at radius 3 is 2.38 bits per heavy atom. The molecule has 2 atom stereocenters. The molecule has 2 unspecified atom stereocenters. The smallest absolute Gasteiger partial charge is 0.127 e. The van der Waals surface area contributed by atoms with Crippen LogP contribution in [0.3, 0.4) is 0 Å². The minimum atomic E-state index is 0.618. The van der Waals surface area contributed by atoms with Crippen molar-refractivity contribution in [2.45, 2.75) is 46.0 Å². The van der Waals surface area contributed by atoms with E-state index in [2.05, 4.69) is 31.8 Å². The average molecular weight is 218 g/mol. The molecule has 1 aromatic rings. The molecule has 0 aromatic carbocycles. The predicted octanol–water partition coefficient (Wildman–Crippen LogP) is 3.51. The van der Waals surface area contributed by atoms with Crippen LogP contribution >= 0.6 is 0 Å². The van der Waals surface area contributed by atoms with E-state index in [-0.39, 0.29) is 0 Å². The van der Waals surface area contributed by atoms with Crippen LogP contribution in [-0.4, -0.2) is 4.98 Å². The van der Waals surface area contributed by atoms with E-state index in [9.17, 15) is 0 Å². The van der Waals surface area contributed by atoms with Crippen LogP contribution in [0.4, 0.5) is 5.82 Å². The summed E-state index contributed by atoms with van der Waals surface area (Å²) >= 11 is 0. The first-order valence-electron chi connectivity index (χ1n) is 6.29. The molecule has 2 heteroatoms. The van der Waals surface area contributed by atoms with Gasteiger partial charge in [-0.25, -0.2) is 4.98 Å². The van der Waals surface area contributed by atoms with Crippen LogP contribution in [0.2, 0.25) is 0 Å². The number of aromatic nitrogens is 1. The Hall–Kier alpha value is -1.05. The summed E-state index contributed by atoms with van der Waals surface area (Å²) < 4.78 is 0. The van der Waals surface area contributed by atoms with Crippen LogP contribution in [0.5, 0.6) is 0 Å². The molecule has 1 heterocycles. The first-order chi connectivity index (χ1) is 7.58. The van der Waals surface area contributed by atoms with E-state index in [1.807, 2.05) is 6.20 Å². The van der Waals surface area contributed by atoms with Crippen molar-refractivity contribution in [2.24, 2.45) is 11.8 Å². The molecule has 1 aromatic heterocycles. The zero-order valence-electron chi connectivity index (χ0n) is 10.5. The SMILES string of the molecule is Cc1ccnc(N)c1C1CC(C)CC(C)C1. The molecule has 1 saturated carbocycles. The monoisotopic (exact) mass is 218 g/mol. The van der Waals surface area contributed by atoms with Crippen molar-refractivity contribution < 1.29 is 0 Å². The number of anilines is 1. The molecule has 2 nitrogen and oxygen atoms in total. The molecule has 0 bridgehead atoms. The molecule has 88 valence electrons. The summed E-state index contributed by atoms with van der Waals surface area (Å²) in [6.07, 6.45) is 5.70. The summed E-state index contributed by atoms with van der Waals surface area (Å²) in [6.45, 7) is 6.85. The van der Waals surface area contributed by atoms with Gasteiger partial charge in [-0.3, -0.25) is 0 Å². The Labute approximate surface area is 98.3 Å². The van der Waals surface area contributed by atoms with Crippen LogP contribution in [0.15, 0.2) is 12.3 Å². The van der Waals surface area contributed by atoms with Crippen molar-refractivity contribution in [1.82, 2.24) is 4.98 Å². The number of aryl methyl sites for hydroxylation is 1. The topological polar surface area (TPSA) is 38.9 Å². The van der Waals surface area contributed by atoms with Crippen molar-refractivity contribution in [3.05, 3.63) is 23.4 Å². The third kappa shape index (κ3) is 2.21. The number of rotatable bonds is 1. The molecule has 2 N–H and O–H groups in total. The summed E-state index contributed by atoms with van der Waals surface area (Å²) in [6, 6.07) is 2.08. The molecule has 0 aliphatic heterocycles. The quantitative estimate of drug-likeness (QED) is 0.783. The third-order valence-electron chi connectivity index (χ3n) is 3.83. The highest BCUT2D eigenvalue weighted by atomic mass is 14.8. The lowest BCUT2D eigenvalue weighted by Gasteiger charge is -2.32. The van der Waals surface area contributed by atoms with Gasteiger partial charge in [0.1, 0.15) is 5.82 Å². The molecule has 0 saturated heterocycles. The minimum Gasteiger partial charge on any atom is -0.383 e. The van der Waals surface area contributed by atoms with Crippen molar-refractivity contribution in [3.8, 4) is 0 Å². The van der Waals surface area contributed by atoms with Gasteiger partial charge < -0.3 is 5.73 Å². The fraction of sp³-hybridized carbons (Fsp3) is 0.643. The van der Waals surface area contributed by atoms with Gasteiger partial charge in [0.15, 0.2) is 0 Å². The maximum absolute atomic E-state index is 6.03. The summed E-state index contributed by atoms with van der Waals surface area (Å²) in [5, 5.41) is 0. The summed E-state index contributed by atoms with van der Waals surface area (Å²) in [4.78, 5) is 4.24. The molecular weight excluding hydrogens is 196 g/mol. The number of nitrogens with two attached hydrogens (primary N) is 1. The van der Waals surface area contributed by atoms with Gasteiger partial charge in [-0.15, -0.1) is 0 Å². The standard InChI is InChI=1S/C14H22N2/c1-9-6-10(2)8-12(7-9)13-11(3)4-5-16-14(13)15/h4-5,9-10,12H,6-8H2,1-3H3,(H2,15,16). The number of nitrogen functional groups attached to an aromatic ring is 1. The Morgan fingerprint density at radius 2 is 1.81 bits per heavy atom. The van der Waals surface area contributed by atoms with E-state index >= 15 is 0 Å². The lowest BCUT2D eigenvalue weighted by molar-refractivity contribution is 0.268. The molecule has 0 radical (unpaired) electrons. The second kappa shape index (κ2) is 4.44. The fourth-order valence-corrected chi connectivity index (χ4v) is 3.30. The second-order valence-corrected chi connectivity index (χ2v) is 5.54. The van der Waals surface area contributed by atoms with Gasteiger partial charge in [-0.05, 0) is 55.6 Å². The van der Waals surface area contributed by atoms with E-state index in [0.29, 0.717) is 5.92 Å². The third-order valence-corrected chi connectivity index (χ3v) is 3.83. The van der Waals surface area contributed by atoms with Crippen molar-refractivity contribution >= 4 is 5.82 Å². The second-order valence-electron chi connectivity index (χ2n) is 5.54. The molecule has 1 aliphatic carbocycles. The zero-order chi connectivity index (χ0) is 11.7. The lowest BCUT2D eigenvalue weighted by Crippen LogP contribution is -2.20. The van der Waals surface area contributed by atoms with E-state index in [1.54, 1.807) is 0 Å². The predicted molar refractivity (Wildman–Crippen MR) is 68.3 cm³/mol. The van der Waals surface area contributed by atoms with Crippen LogP contribution in [0.25, 0.3) is 0 Å². The van der Waals surface area contributed by atoms with Crippen LogP contribution < -0.4 is 5.73 Å². The molecule has 0 spiro atoms. The Balaban J connectivity index is 2.29. The highest BCUT2D eigenvalue weighted by molar-refractivity contribution is 5.46. The zero-order valence-corrected chi connectivity index (χ0v) is 10.5. The van der Waals surface area contributed by atoms with Crippen molar-refractivity contribution in [2.75, 3.05) is 5.73 Å². The number of hydrogen-bond donors (Lipinski definition) is 1. The Kier molecular flexibility index (Phi) is 3.17. The maximum Gasteiger partial charge on any atom is 0.127 e. The summed E-state index contributed by atoms with van der Waals surface area (Å²) in [7, 11) is 0. The maximum atomic E-state index is 6.03. The average Bonchev–Trinajstić information content (AvgIpc) is 2.15. The molecule has 1 fully saturated rings. The van der Waals surface area contributed by atoms with Crippen molar-refractivity contribution in [3.63, 3.8) is 0 Å². The largest absolute Gasteiger partial charge is 0.383 e. The van der Waals surface area contributed by atoms with Crippen LogP contribution in [0, 0.1) is 18.8 Å². The Morgan fingerprint density at radius 1 is 1.19 bits per heavy atom. The number of hydrogen-bond acceptors (Lipinski definition) is 2. The minimum absolute atomic E-state index is 0.618. The van der Waals surface area contributed by atoms with Crippen LogP contribution in [0.1, 0.15) is 50.2 Å².